The van der Waals surface area contributed by atoms with E-state index in [-0.39, 0.29) is 18.5 Å². The Morgan fingerprint density at radius 3 is 2.64 bits per heavy atom. The van der Waals surface area contributed by atoms with Crippen molar-refractivity contribution in [3.63, 3.8) is 0 Å². The highest BCUT2D eigenvalue weighted by molar-refractivity contribution is 5.70. The van der Waals surface area contributed by atoms with Gasteiger partial charge in [-0.15, -0.1) is 0 Å². The first-order valence-corrected chi connectivity index (χ1v) is 12.1. The quantitative estimate of drug-likeness (QED) is 0.419. The molecule has 0 amide bonds. The van der Waals surface area contributed by atoms with Crippen molar-refractivity contribution in [2.45, 2.75) is 70.9 Å². The van der Waals surface area contributed by atoms with Gasteiger partial charge in [0.25, 0.3) is 6.02 Å². The summed E-state index contributed by atoms with van der Waals surface area (Å²) in [4.78, 5) is 15.9. The largest absolute Gasteiger partial charge is 0.486 e. The molecular weight excluding hydrogens is 477 g/mol. The molecule has 0 bridgehead atoms. The number of anilines is 2. The zero-order valence-electron chi connectivity index (χ0n) is 20.4. The van der Waals surface area contributed by atoms with E-state index in [0.29, 0.717) is 30.6 Å². The maximum Gasteiger partial charge on any atom is 0.406 e. The number of hydrogen-bond donors (Lipinski definition) is 1. The SMILES string of the molecule is CC(C)N(CC(F)(F)F)C(=N)OCc1ncc2c(n1)N(c1ccc(OC3CCCCC3)nc1)CCO2. The third-order valence-corrected chi connectivity index (χ3v) is 6.06. The standard InChI is InChI=1S/C24H31F3N6O3/c1-16(2)33(15-24(25,26)27)23(28)35-14-20-29-13-19-22(31-20)32(10-11-34-19)17-8-9-21(30-12-17)36-18-6-4-3-5-7-18/h8-9,12-13,16,18,28H,3-7,10-11,14-15H2,1-2H3. The molecule has 9 nitrogen and oxygen atoms in total. The average molecular weight is 509 g/mol. The van der Waals surface area contributed by atoms with Gasteiger partial charge in [-0.1, -0.05) is 6.42 Å². The number of rotatable bonds is 7. The number of ether oxygens (including phenoxy) is 3. The fourth-order valence-electron chi connectivity index (χ4n) is 4.22. The minimum Gasteiger partial charge on any atom is -0.486 e. The lowest BCUT2D eigenvalue weighted by atomic mass is 9.98. The molecule has 0 unspecified atom stereocenters. The van der Waals surface area contributed by atoms with Crippen LogP contribution in [0.2, 0.25) is 0 Å². The highest BCUT2D eigenvalue weighted by Gasteiger charge is 2.34. The topological polar surface area (TPSA) is 96.7 Å². The molecule has 12 heteroatoms. The second kappa shape index (κ2) is 11.2. The summed E-state index contributed by atoms with van der Waals surface area (Å²) in [6, 6.07) is 2.60. The van der Waals surface area contributed by atoms with Gasteiger partial charge in [0, 0.05) is 12.1 Å². The summed E-state index contributed by atoms with van der Waals surface area (Å²) in [7, 11) is 0. The van der Waals surface area contributed by atoms with E-state index >= 15 is 0 Å². The fraction of sp³-hybridized carbons (Fsp3) is 0.583. The number of fused-ring (bicyclic) bond motifs is 1. The van der Waals surface area contributed by atoms with E-state index in [1.54, 1.807) is 20.0 Å². The van der Waals surface area contributed by atoms with Gasteiger partial charge in [0.1, 0.15) is 19.3 Å². The molecule has 0 aromatic carbocycles. The van der Waals surface area contributed by atoms with E-state index in [1.807, 2.05) is 17.0 Å². The van der Waals surface area contributed by atoms with Gasteiger partial charge in [0.15, 0.2) is 24.0 Å². The van der Waals surface area contributed by atoms with E-state index in [1.165, 1.54) is 25.5 Å². The highest BCUT2D eigenvalue weighted by Crippen LogP contribution is 2.35. The number of aromatic nitrogens is 3. The van der Waals surface area contributed by atoms with Crippen LogP contribution in [0.5, 0.6) is 11.6 Å². The molecule has 0 radical (unpaired) electrons. The van der Waals surface area contributed by atoms with Crippen LogP contribution in [0.4, 0.5) is 24.7 Å². The minimum absolute atomic E-state index is 0.206. The van der Waals surface area contributed by atoms with Crippen LogP contribution in [0.25, 0.3) is 0 Å². The molecule has 2 aromatic rings. The van der Waals surface area contributed by atoms with E-state index in [0.717, 1.165) is 23.4 Å². The predicted octanol–water partition coefficient (Wildman–Crippen LogP) is 4.84. The summed E-state index contributed by atoms with van der Waals surface area (Å²) >= 11 is 0. The third kappa shape index (κ3) is 6.67. The summed E-state index contributed by atoms with van der Waals surface area (Å²) in [5.74, 6) is 1.78. The molecule has 3 heterocycles. The minimum atomic E-state index is -4.45. The predicted molar refractivity (Wildman–Crippen MR) is 127 cm³/mol. The Morgan fingerprint density at radius 2 is 1.97 bits per heavy atom. The summed E-state index contributed by atoms with van der Waals surface area (Å²) < 4.78 is 55.6. The number of hydrogen-bond acceptors (Lipinski definition) is 8. The average Bonchev–Trinajstić information content (AvgIpc) is 2.86. The highest BCUT2D eigenvalue weighted by atomic mass is 19.4. The summed E-state index contributed by atoms with van der Waals surface area (Å²) in [6.45, 7) is 2.55. The number of nitrogens with zero attached hydrogens (tertiary/aromatic N) is 5. The van der Waals surface area contributed by atoms with Gasteiger partial charge in [0.2, 0.25) is 5.88 Å². The Morgan fingerprint density at radius 1 is 1.19 bits per heavy atom. The van der Waals surface area contributed by atoms with Crippen LogP contribution in [0.1, 0.15) is 51.8 Å². The molecule has 1 aliphatic heterocycles. The van der Waals surface area contributed by atoms with Crippen LogP contribution in [0, 0.1) is 5.41 Å². The Labute approximate surface area is 208 Å². The molecular formula is C24H31F3N6O3. The first kappa shape index (κ1) is 25.8. The maximum absolute atomic E-state index is 12.9. The summed E-state index contributed by atoms with van der Waals surface area (Å²) in [5, 5.41) is 7.97. The molecule has 196 valence electrons. The number of alkyl halides is 3. The van der Waals surface area contributed by atoms with E-state index in [9.17, 15) is 13.2 Å². The normalized spacial score (nSPS) is 16.3. The van der Waals surface area contributed by atoms with Gasteiger partial charge in [-0.2, -0.15) is 13.2 Å². The molecule has 1 N–H and O–H groups in total. The fourth-order valence-corrected chi connectivity index (χ4v) is 4.22. The van der Waals surface area contributed by atoms with E-state index < -0.39 is 24.8 Å². The zero-order chi connectivity index (χ0) is 25.7. The van der Waals surface area contributed by atoms with Gasteiger partial charge < -0.3 is 24.0 Å². The molecule has 2 aliphatic rings. The molecule has 1 aliphatic carbocycles. The van der Waals surface area contributed by atoms with Crippen molar-refractivity contribution in [1.82, 2.24) is 19.9 Å². The van der Waals surface area contributed by atoms with Gasteiger partial charge in [-0.3, -0.25) is 5.41 Å². The number of nitrogens with one attached hydrogen (secondary N) is 1. The molecule has 4 rings (SSSR count). The van der Waals surface area contributed by atoms with Crippen molar-refractivity contribution >= 4 is 17.5 Å². The smallest absolute Gasteiger partial charge is 0.406 e. The molecule has 0 spiro atoms. The van der Waals surface area contributed by atoms with Crippen molar-refractivity contribution in [3.8, 4) is 11.6 Å². The van der Waals surface area contributed by atoms with Crippen LogP contribution >= 0.6 is 0 Å². The van der Waals surface area contributed by atoms with Gasteiger partial charge >= 0.3 is 6.18 Å². The monoisotopic (exact) mass is 508 g/mol. The number of halogens is 3. The number of amidine groups is 1. The molecule has 0 atom stereocenters. The second-order valence-electron chi connectivity index (χ2n) is 9.14. The van der Waals surface area contributed by atoms with Gasteiger partial charge in [-0.25, -0.2) is 15.0 Å². The van der Waals surface area contributed by atoms with E-state index in [4.69, 9.17) is 19.6 Å². The summed E-state index contributed by atoms with van der Waals surface area (Å²) in [5.41, 5.74) is 0.796. The zero-order valence-corrected chi connectivity index (χ0v) is 20.4. The summed E-state index contributed by atoms with van der Waals surface area (Å²) in [6.07, 6.45) is 4.67. The Bertz CT molecular complexity index is 1030. The lowest BCUT2D eigenvalue weighted by Gasteiger charge is -2.30. The molecule has 2 aromatic heterocycles. The first-order valence-electron chi connectivity index (χ1n) is 12.1. The first-order chi connectivity index (χ1) is 17.2. The van der Waals surface area contributed by atoms with Crippen molar-refractivity contribution < 1.29 is 27.4 Å². The van der Waals surface area contributed by atoms with Crippen LogP contribution in [0.15, 0.2) is 24.5 Å². The van der Waals surface area contributed by atoms with Gasteiger partial charge in [-0.05, 0) is 45.6 Å². The van der Waals surface area contributed by atoms with E-state index in [2.05, 4.69) is 15.0 Å². The lowest BCUT2D eigenvalue weighted by Crippen LogP contribution is -2.44. The maximum atomic E-state index is 12.9. The van der Waals surface area contributed by atoms with Crippen molar-refractivity contribution in [1.29, 1.82) is 5.41 Å². The third-order valence-electron chi connectivity index (χ3n) is 6.06. The Hall–Kier alpha value is -3.31. The lowest BCUT2D eigenvalue weighted by molar-refractivity contribution is -0.142. The molecule has 1 saturated carbocycles. The van der Waals surface area contributed by atoms with Crippen LogP contribution in [-0.2, 0) is 11.3 Å². The molecule has 1 fully saturated rings. The van der Waals surface area contributed by atoms with Gasteiger partial charge in [0.05, 0.1) is 24.6 Å². The number of pyridine rings is 1. The van der Waals surface area contributed by atoms with Crippen LogP contribution in [0.3, 0.4) is 0 Å². The molecule has 0 saturated heterocycles. The van der Waals surface area contributed by atoms with Crippen LogP contribution < -0.4 is 14.4 Å². The van der Waals surface area contributed by atoms with Crippen molar-refractivity contribution in [2.75, 3.05) is 24.6 Å². The Kier molecular flexibility index (Phi) is 8.00. The second-order valence-corrected chi connectivity index (χ2v) is 9.14. The van der Waals surface area contributed by atoms with Crippen molar-refractivity contribution in [3.05, 3.63) is 30.4 Å². The van der Waals surface area contributed by atoms with Crippen molar-refractivity contribution in [2.24, 2.45) is 0 Å². The Balaban J connectivity index is 1.43. The van der Waals surface area contributed by atoms with Crippen LogP contribution in [-0.4, -0.2) is 63.9 Å². The molecule has 36 heavy (non-hydrogen) atoms.